The van der Waals surface area contributed by atoms with E-state index >= 15 is 0 Å². The quantitative estimate of drug-likeness (QED) is 0.0249. The van der Waals surface area contributed by atoms with Crippen molar-refractivity contribution in [3.63, 3.8) is 0 Å². The molecule has 1 aliphatic rings. The number of amides is 2. The van der Waals surface area contributed by atoms with Crippen molar-refractivity contribution in [3.8, 4) is 0 Å². The van der Waals surface area contributed by atoms with Gasteiger partial charge in [-0.15, -0.1) is 0 Å². The standard InChI is InChI=1S/C64H112N2O16/c1-11-12-13-14-15-16-17-18-19-20-21-22-25-29-32-35-38-41-44-57(78-51(7)70)63(74)66-55(45-76-64-59(65-48(4)67)62(81-54(10)73)61(80-53(9)72)58(82-64)46-75-49(5)68)60(79-52(8)71)56(77-50(6)69)43-40-37-34-31-28-26-23-24-27-30-33-36-39-42-47(2)3/h37,40,47,55-62,64H,11-36,38-39,41-46H2,1-10H3,(H,65,67)(H,66,74)/b40-37+/t55-,56+,57-,58-,59-,60+,61-,62-,64-/m1/s1. The number of unbranched alkanes of at least 4 members (excludes halogenated alkanes) is 27. The molecule has 0 aromatic carbocycles. The van der Waals surface area contributed by atoms with Crippen molar-refractivity contribution in [2.45, 2.75) is 330 Å². The van der Waals surface area contributed by atoms with Gasteiger partial charge in [0.2, 0.25) is 5.91 Å². The maximum atomic E-state index is 14.5. The van der Waals surface area contributed by atoms with Crippen LogP contribution in [0.3, 0.4) is 0 Å². The monoisotopic (exact) mass is 1160 g/mol. The molecule has 0 aromatic heterocycles. The van der Waals surface area contributed by atoms with Gasteiger partial charge >= 0.3 is 35.8 Å². The maximum absolute atomic E-state index is 14.5. The molecular formula is C64H112N2O16. The number of hydrogen-bond donors (Lipinski definition) is 2. The van der Waals surface area contributed by atoms with Crippen LogP contribution in [0.15, 0.2) is 12.2 Å². The van der Waals surface area contributed by atoms with Crippen molar-refractivity contribution in [2.75, 3.05) is 13.2 Å². The van der Waals surface area contributed by atoms with Gasteiger partial charge in [0, 0.05) is 54.9 Å². The van der Waals surface area contributed by atoms with Crippen molar-refractivity contribution < 1.29 is 76.3 Å². The molecule has 1 saturated heterocycles. The molecule has 2 N–H and O–H groups in total. The Bertz CT molecular complexity index is 1810. The molecule has 1 fully saturated rings. The van der Waals surface area contributed by atoms with Gasteiger partial charge < -0.3 is 48.5 Å². The van der Waals surface area contributed by atoms with E-state index in [9.17, 15) is 38.4 Å². The highest BCUT2D eigenvalue weighted by Crippen LogP contribution is 2.29. The van der Waals surface area contributed by atoms with Crippen LogP contribution in [-0.2, 0) is 76.3 Å². The van der Waals surface area contributed by atoms with Crippen LogP contribution in [0.5, 0.6) is 0 Å². The summed E-state index contributed by atoms with van der Waals surface area (Å²) in [5.41, 5.74) is 0. The van der Waals surface area contributed by atoms with Gasteiger partial charge in [-0.3, -0.25) is 38.4 Å². The number of rotatable bonds is 49. The Morgan fingerprint density at radius 3 is 1.39 bits per heavy atom. The minimum atomic E-state index is -1.58. The van der Waals surface area contributed by atoms with Gasteiger partial charge in [-0.05, 0) is 31.6 Å². The Morgan fingerprint density at radius 1 is 0.500 bits per heavy atom. The van der Waals surface area contributed by atoms with E-state index < -0.39 is 116 Å². The second-order valence-corrected chi connectivity index (χ2v) is 23.0. The first-order chi connectivity index (χ1) is 39.2. The van der Waals surface area contributed by atoms with Gasteiger partial charge in [0.15, 0.2) is 30.7 Å². The van der Waals surface area contributed by atoms with E-state index in [1.807, 2.05) is 12.2 Å². The summed E-state index contributed by atoms with van der Waals surface area (Å²) in [4.78, 5) is 103. The average molecular weight is 1170 g/mol. The first-order valence-corrected chi connectivity index (χ1v) is 31.7. The number of carbonyl (C=O) groups is 8. The maximum Gasteiger partial charge on any atom is 0.303 e. The molecule has 2 amide bonds. The third kappa shape index (κ3) is 39.1. The number of ether oxygens (including phenoxy) is 8. The molecule has 1 rings (SSSR count). The Hall–Kier alpha value is -4.58. The molecule has 0 aliphatic carbocycles. The highest BCUT2D eigenvalue weighted by atomic mass is 16.7. The number of hydrogen-bond acceptors (Lipinski definition) is 16. The second kappa shape index (κ2) is 47.7. The van der Waals surface area contributed by atoms with Crippen LogP contribution in [0.2, 0.25) is 0 Å². The predicted octanol–water partition coefficient (Wildman–Crippen LogP) is 12.7. The summed E-state index contributed by atoms with van der Waals surface area (Å²) in [5.74, 6) is -5.08. The van der Waals surface area contributed by atoms with Crippen molar-refractivity contribution in [3.05, 3.63) is 12.2 Å². The fourth-order valence-corrected chi connectivity index (χ4v) is 10.4. The van der Waals surface area contributed by atoms with Gasteiger partial charge in [0.1, 0.15) is 24.9 Å². The summed E-state index contributed by atoms with van der Waals surface area (Å²) in [6.45, 7) is 13.9. The molecule has 18 heteroatoms. The third-order valence-electron chi connectivity index (χ3n) is 14.6. The predicted molar refractivity (Wildman–Crippen MR) is 316 cm³/mol. The largest absolute Gasteiger partial charge is 0.463 e. The molecule has 474 valence electrons. The lowest BCUT2D eigenvalue weighted by molar-refractivity contribution is -0.280. The number of carbonyl (C=O) groups excluding carboxylic acids is 8. The Kier molecular flexibility index (Phi) is 43.9. The lowest BCUT2D eigenvalue weighted by Gasteiger charge is -2.45. The van der Waals surface area contributed by atoms with Crippen molar-refractivity contribution in [1.29, 1.82) is 0 Å². The van der Waals surface area contributed by atoms with E-state index in [0.29, 0.717) is 6.42 Å². The van der Waals surface area contributed by atoms with E-state index in [0.717, 1.165) is 85.0 Å². The molecule has 0 saturated carbocycles. The number of nitrogens with one attached hydrogen (secondary N) is 2. The van der Waals surface area contributed by atoms with Gasteiger partial charge in [0.05, 0.1) is 12.6 Å². The van der Waals surface area contributed by atoms with Crippen LogP contribution < -0.4 is 10.6 Å². The molecule has 1 aliphatic heterocycles. The fourth-order valence-electron chi connectivity index (χ4n) is 10.4. The zero-order chi connectivity index (χ0) is 60.9. The van der Waals surface area contributed by atoms with Crippen molar-refractivity contribution >= 4 is 47.6 Å². The molecule has 82 heavy (non-hydrogen) atoms. The molecule has 0 unspecified atom stereocenters. The fraction of sp³-hybridized carbons (Fsp3) is 0.844. The summed E-state index contributed by atoms with van der Waals surface area (Å²) in [5, 5.41) is 5.52. The van der Waals surface area contributed by atoms with E-state index in [1.165, 1.54) is 156 Å². The minimum absolute atomic E-state index is 0.0608. The van der Waals surface area contributed by atoms with Crippen LogP contribution >= 0.6 is 0 Å². The summed E-state index contributed by atoms with van der Waals surface area (Å²) < 4.78 is 46.5. The van der Waals surface area contributed by atoms with Crippen LogP contribution in [0.25, 0.3) is 0 Å². The van der Waals surface area contributed by atoms with Crippen LogP contribution in [0, 0.1) is 5.92 Å². The van der Waals surface area contributed by atoms with Crippen molar-refractivity contribution in [1.82, 2.24) is 10.6 Å². The van der Waals surface area contributed by atoms with Gasteiger partial charge in [0.25, 0.3) is 5.91 Å². The summed E-state index contributed by atoms with van der Waals surface area (Å²) in [6.07, 6.45) is 29.9. The van der Waals surface area contributed by atoms with Gasteiger partial charge in [-0.25, -0.2) is 0 Å². The average Bonchev–Trinajstić information content (AvgIpc) is 3.59. The first kappa shape index (κ1) is 75.4. The van der Waals surface area contributed by atoms with E-state index in [-0.39, 0.29) is 12.8 Å². The highest BCUT2D eigenvalue weighted by Gasteiger charge is 2.52. The summed E-state index contributed by atoms with van der Waals surface area (Å²) in [7, 11) is 0. The molecule has 18 nitrogen and oxygen atoms in total. The molecule has 0 bridgehead atoms. The molecule has 0 spiro atoms. The Morgan fingerprint density at radius 2 is 0.951 bits per heavy atom. The van der Waals surface area contributed by atoms with E-state index in [2.05, 4.69) is 31.4 Å². The van der Waals surface area contributed by atoms with E-state index in [4.69, 9.17) is 37.9 Å². The molecule has 9 atom stereocenters. The van der Waals surface area contributed by atoms with Gasteiger partial charge in [-0.2, -0.15) is 0 Å². The lowest BCUT2D eigenvalue weighted by Crippen LogP contribution is -2.67. The molecular weight excluding hydrogens is 1050 g/mol. The zero-order valence-corrected chi connectivity index (χ0v) is 52.5. The van der Waals surface area contributed by atoms with Crippen LogP contribution in [-0.4, -0.2) is 116 Å². The zero-order valence-electron chi connectivity index (χ0n) is 52.5. The molecule has 0 aromatic rings. The Balaban J connectivity index is 3.36. The van der Waals surface area contributed by atoms with E-state index in [1.54, 1.807) is 0 Å². The lowest BCUT2D eigenvalue weighted by atomic mass is 9.95. The molecule has 0 radical (unpaired) electrons. The first-order valence-electron chi connectivity index (χ1n) is 31.7. The van der Waals surface area contributed by atoms with Crippen LogP contribution in [0.1, 0.15) is 275 Å². The number of allylic oxidation sites excluding steroid dienone is 1. The van der Waals surface area contributed by atoms with Crippen LogP contribution in [0.4, 0.5) is 0 Å². The molecule has 1 heterocycles. The normalized spacial score (nSPS) is 18.5. The minimum Gasteiger partial charge on any atom is -0.463 e. The Labute approximate surface area is 493 Å². The van der Waals surface area contributed by atoms with Gasteiger partial charge in [-0.1, -0.05) is 206 Å². The number of esters is 6. The summed E-state index contributed by atoms with van der Waals surface area (Å²) >= 11 is 0. The SMILES string of the molecule is CCCCCCCCCCCCCCCCCCCC[C@@H](OC(C)=O)C(=O)N[C@H](CO[C@@H]1O[C@H](COC(C)=O)[C@@H](OC(C)=O)[C@H](OC(C)=O)[C@H]1NC(C)=O)[C@H](OC(C)=O)[C@H](C/C=C/CCCCCCCCCCCCC(C)C)OC(C)=O. The highest BCUT2D eigenvalue weighted by molar-refractivity contribution is 5.83. The third-order valence-corrected chi connectivity index (χ3v) is 14.6. The topological polar surface area (TPSA) is 234 Å². The second-order valence-electron chi connectivity index (χ2n) is 23.0. The smallest absolute Gasteiger partial charge is 0.303 e. The van der Waals surface area contributed by atoms with Crippen molar-refractivity contribution in [2.24, 2.45) is 5.92 Å². The summed E-state index contributed by atoms with van der Waals surface area (Å²) in [6, 6.07) is -2.74.